The number of nitrogens with one attached hydrogen (secondary N) is 1. The Morgan fingerprint density at radius 1 is 0.786 bits per heavy atom. The van der Waals surface area contributed by atoms with Gasteiger partial charge in [-0.3, -0.25) is 4.79 Å². The van der Waals surface area contributed by atoms with Gasteiger partial charge in [0.1, 0.15) is 0 Å². The minimum absolute atomic E-state index is 0.294. The summed E-state index contributed by atoms with van der Waals surface area (Å²) in [6, 6.07) is 3.73. The highest BCUT2D eigenvalue weighted by Crippen LogP contribution is 2.58. The van der Waals surface area contributed by atoms with Gasteiger partial charge < -0.3 is 5.32 Å². The first kappa shape index (κ1) is 24.4. The predicted molar refractivity (Wildman–Crippen MR) is 73.5 cm³/mol. The Labute approximate surface area is 156 Å². The third-order valence-electron chi connectivity index (χ3n) is 3.26. The van der Waals surface area contributed by atoms with Crippen molar-refractivity contribution in [3.8, 4) is 0 Å². The van der Waals surface area contributed by atoms with Gasteiger partial charge in [0.15, 0.2) is 0 Å². The molecule has 0 bridgehead atoms. The topological polar surface area (TPSA) is 29.1 Å². The highest BCUT2D eigenvalue weighted by molar-refractivity contribution is 9.10. The Kier molecular flexibility index (Phi) is 6.35. The number of carbonyl (C=O) groups excluding carboxylic acids is 1. The molecule has 28 heavy (non-hydrogen) atoms. The smallest absolute Gasteiger partial charge is 0.321 e. The Morgan fingerprint density at radius 3 is 1.61 bits per heavy atom. The van der Waals surface area contributed by atoms with Gasteiger partial charge in [0.2, 0.25) is 0 Å². The van der Waals surface area contributed by atoms with Crippen LogP contribution in [0.5, 0.6) is 0 Å². The Morgan fingerprint density at radius 2 is 1.21 bits per heavy atom. The molecule has 1 aromatic carbocycles. The van der Waals surface area contributed by atoms with Gasteiger partial charge in [0, 0.05) is 10.2 Å². The van der Waals surface area contributed by atoms with Crippen molar-refractivity contribution in [2.24, 2.45) is 0 Å². The van der Waals surface area contributed by atoms with Crippen molar-refractivity contribution in [1.82, 2.24) is 0 Å². The van der Waals surface area contributed by atoms with E-state index in [0.717, 1.165) is 29.6 Å². The van der Waals surface area contributed by atoms with Crippen LogP contribution >= 0.6 is 15.9 Å². The Balaban J connectivity index is 3.32. The lowest BCUT2D eigenvalue weighted by molar-refractivity contribution is -0.406. The number of hydrogen-bond acceptors (Lipinski definition) is 1. The number of rotatable bonds is 7. The fourth-order valence-electron chi connectivity index (χ4n) is 1.63. The standard InChI is InChI=1S/C13H6BrF12NO/c14-5-1-3-6(4-2-5)27-8(28)10(19,20)12(23,24)13(25,26)11(21,22)9(17,18)7(15)16/h1-4,7H,(H,27,28). The fourth-order valence-corrected chi connectivity index (χ4v) is 1.89. The van der Waals surface area contributed by atoms with E-state index in [9.17, 15) is 57.5 Å². The number of amides is 1. The van der Waals surface area contributed by atoms with Crippen molar-refractivity contribution in [3.63, 3.8) is 0 Å². The lowest BCUT2D eigenvalue weighted by Crippen LogP contribution is -2.70. The molecule has 0 heterocycles. The van der Waals surface area contributed by atoms with E-state index in [-0.39, 0.29) is 0 Å². The normalized spacial score (nSPS) is 14.4. The molecular formula is C13H6BrF12NO. The lowest BCUT2D eigenvalue weighted by atomic mass is 9.94. The zero-order valence-electron chi connectivity index (χ0n) is 12.7. The molecule has 0 atom stereocenters. The molecule has 1 rings (SSSR count). The summed E-state index contributed by atoms with van der Waals surface area (Å²) in [5.74, 6) is -40.0. The first-order valence-corrected chi connectivity index (χ1v) is 7.37. The zero-order chi connectivity index (χ0) is 22.3. The molecule has 1 aromatic rings. The molecule has 0 aliphatic carbocycles. The summed E-state index contributed by atoms with van der Waals surface area (Å²) in [6.07, 6.45) is -5.60. The largest absolute Gasteiger partial charge is 0.393 e. The summed E-state index contributed by atoms with van der Waals surface area (Å²) in [4.78, 5) is 11.3. The first-order chi connectivity index (χ1) is 12.3. The van der Waals surface area contributed by atoms with Crippen LogP contribution in [0.1, 0.15) is 0 Å². The van der Waals surface area contributed by atoms with Crippen LogP contribution < -0.4 is 5.32 Å². The molecule has 2 nitrogen and oxygen atoms in total. The molecule has 0 aliphatic heterocycles. The highest BCUT2D eigenvalue weighted by Gasteiger charge is 2.89. The van der Waals surface area contributed by atoms with Crippen LogP contribution in [0.3, 0.4) is 0 Å². The number of benzene rings is 1. The van der Waals surface area contributed by atoms with Gasteiger partial charge in [-0.2, -0.15) is 43.9 Å². The van der Waals surface area contributed by atoms with Gasteiger partial charge in [0.25, 0.3) is 0 Å². The molecule has 15 heteroatoms. The Hall–Kier alpha value is -1.67. The first-order valence-electron chi connectivity index (χ1n) is 6.58. The zero-order valence-corrected chi connectivity index (χ0v) is 14.3. The van der Waals surface area contributed by atoms with Crippen molar-refractivity contribution >= 4 is 27.5 Å². The van der Waals surface area contributed by atoms with Gasteiger partial charge in [-0.05, 0) is 24.3 Å². The maximum atomic E-state index is 13.6. The Bertz CT molecular complexity index is 719. The molecule has 0 spiro atoms. The molecule has 0 saturated carbocycles. The molecule has 0 aliphatic rings. The average molecular weight is 500 g/mol. The van der Waals surface area contributed by atoms with E-state index in [1.807, 2.05) is 0 Å². The maximum absolute atomic E-state index is 13.6. The van der Waals surface area contributed by atoms with E-state index in [0.29, 0.717) is 4.47 Å². The third kappa shape index (κ3) is 3.64. The summed E-state index contributed by atoms with van der Waals surface area (Å²) in [7, 11) is 0. The number of anilines is 1. The van der Waals surface area contributed by atoms with E-state index < -0.39 is 47.6 Å². The number of hydrogen-bond donors (Lipinski definition) is 1. The van der Waals surface area contributed by atoms with Crippen LogP contribution in [0.25, 0.3) is 0 Å². The minimum Gasteiger partial charge on any atom is -0.321 e. The molecule has 0 radical (unpaired) electrons. The van der Waals surface area contributed by atoms with E-state index in [1.165, 1.54) is 0 Å². The molecule has 1 N–H and O–H groups in total. The van der Waals surface area contributed by atoms with E-state index >= 15 is 0 Å². The van der Waals surface area contributed by atoms with Crippen LogP contribution in [0.15, 0.2) is 28.7 Å². The highest BCUT2D eigenvalue weighted by atomic mass is 79.9. The molecule has 1 amide bonds. The van der Waals surface area contributed by atoms with E-state index in [4.69, 9.17) is 0 Å². The molecule has 0 aromatic heterocycles. The van der Waals surface area contributed by atoms with Gasteiger partial charge in [-0.25, -0.2) is 8.78 Å². The minimum atomic E-state index is -7.75. The second-order valence-corrected chi connectivity index (χ2v) is 6.10. The van der Waals surface area contributed by atoms with Crippen molar-refractivity contribution in [1.29, 1.82) is 0 Å². The van der Waals surface area contributed by atoms with Gasteiger partial charge in [-0.15, -0.1) is 0 Å². The summed E-state index contributed by atoms with van der Waals surface area (Å²) < 4.78 is 156. The van der Waals surface area contributed by atoms with Crippen LogP contribution in [-0.2, 0) is 4.79 Å². The third-order valence-corrected chi connectivity index (χ3v) is 3.79. The van der Waals surface area contributed by atoms with Crippen LogP contribution in [0.4, 0.5) is 58.4 Å². The second-order valence-electron chi connectivity index (χ2n) is 5.18. The van der Waals surface area contributed by atoms with Crippen LogP contribution in [0.2, 0.25) is 0 Å². The molecule has 160 valence electrons. The average Bonchev–Trinajstić information content (AvgIpc) is 2.55. The molecule has 0 fully saturated rings. The van der Waals surface area contributed by atoms with Crippen molar-refractivity contribution in [2.45, 2.75) is 36.0 Å². The summed E-state index contributed by atoms with van der Waals surface area (Å²) in [6.45, 7) is 0. The van der Waals surface area contributed by atoms with E-state index in [2.05, 4.69) is 15.9 Å². The predicted octanol–water partition coefficient (Wildman–Crippen LogP) is 5.83. The van der Waals surface area contributed by atoms with Gasteiger partial charge in [0.05, 0.1) is 0 Å². The summed E-state index contributed by atoms with van der Waals surface area (Å²) >= 11 is 2.87. The molecule has 0 saturated heterocycles. The molecule has 0 unspecified atom stereocenters. The van der Waals surface area contributed by atoms with Crippen molar-refractivity contribution in [3.05, 3.63) is 28.7 Å². The molecular weight excluding hydrogens is 494 g/mol. The lowest BCUT2D eigenvalue weighted by Gasteiger charge is -2.38. The summed E-state index contributed by atoms with van der Waals surface area (Å²) in [5.41, 5.74) is -0.684. The van der Waals surface area contributed by atoms with Crippen LogP contribution in [-0.4, -0.2) is 41.9 Å². The second kappa shape index (κ2) is 7.30. The summed E-state index contributed by atoms with van der Waals surface area (Å²) in [5, 5.41) is 0.997. The maximum Gasteiger partial charge on any atom is 0.393 e. The van der Waals surface area contributed by atoms with Gasteiger partial charge in [-0.1, -0.05) is 15.9 Å². The number of halogens is 13. The fraction of sp³-hybridized carbons (Fsp3) is 0.462. The quantitative estimate of drug-likeness (QED) is 0.470. The van der Waals surface area contributed by atoms with Crippen molar-refractivity contribution < 1.29 is 57.5 Å². The van der Waals surface area contributed by atoms with E-state index in [1.54, 1.807) is 0 Å². The number of carbonyl (C=O) groups is 1. The SMILES string of the molecule is O=C(Nc1ccc(Br)cc1)C(F)(F)C(F)(F)C(F)(F)C(F)(F)C(F)(F)C(F)F. The van der Waals surface area contributed by atoms with Crippen molar-refractivity contribution in [2.75, 3.05) is 5.32 Å². The monoisotopic (exact) mass is 499 g/mol. The number of alkyl halides is 12. The van der Waals surface area contributed by atoms with Gasteiger partial charge >= 0.3 is 41.9 Å². The van der Waals surface area contributed by atoms with Crippen LogP contribution in [0, 0.1) is 0 Å².